The molecule has 0 aliphatic rings. The average molecular weight is 252 g/mol. The molecule has 0 unspecified atom stereocenters. The van der Waals surface area contributed by atoms with Gasteiger partial charge in [-0.1, -0.05) is 0 Å². The molecular formula is C14H20O2S. The third-order valence-corrected chi connectivity index (χ3v) is 3.69. The Balaban J connectivity index is 3.16. The number of hydrogen-bond donors (Lipinski definition) is 0. The van der Waals surface area contributed by atoms with Crippen molar-refractivity contribution in [2.45, 2.75) is 27.2 Å². The van der Waals surface area contributed by atoms with Crippen molar-refractivity contribution in [2.75, 3.05) is 19.1 Å². The van der Waals surface area contributed by atoms with E-state index in [9.17, 15) is 4.79 Å². The number of thioether (sulfide) groups is 1. The molecule has 0 aliphatic heterocycles. The number of hydrogen-bond acceptors (Lipinski definition) is 3. The molecule has 1 aromatic rings. The van der Waals surface area contributed by atoms with Crippen LogP contribution in [0.1, 0.15) is 33.5 Å². The molecule has 0 bridgehead atoms. The van der Waals surface area contributed by atoms with Gasteiger partial charge in [0, 0.05) is 17.7 Å². The zero-order valence-corrected chi connectivity index (χ0v) is 12.0. The first-order valence-electron chi connectivity index (χ1n) is 5.69. The molecular weight excluding hydrogens is 232 g/mol. The van der Waals surface area contributed by atoms with E-state index in [0.29, 0.717) is 6.42 Å². The average Bonchev–Trinajstić information content (AvgIpc) is 2.31. The topological polar surface area (TPSA) is 26.3 Å². The fraction of sp³-hybridized carbons (Fsp3) is 0.500. The summed E-state index contributed by atoms with van der Waals surface area (Å²) in [7, 11) is 1.66. The molecule has 94 valence electrons. The third-order valence-electron chi connectivity index (χ3n) is 3.08. The maximum Gasteiger partial charge on any atom is 0.164 e. The van der Waals surface area contributed by atoms with E-state index in [1.54, 1.807) is 18.9 Å². The third kappa shape index (κ3) is 3.03. The predicted octanol–water partition coefficient (Wildman–Crippen LogP) is 3.56. The molecule has 1 aromatic carbocycles. The fourth-order valence-electron chi connectivity index (χ4n) is 2.01. The SMILES string of the molecule is COc1cc(C)c(C(=O)CCSC)c(C)c1C. The quantitative estimate of drug-likeness (QED) is 0.750. The number of ether oxygens (including phenoxy) is 1. The standard InChI is InChI=1S/C14H20O2S/c1-9-8-13(16-4)10(2)11(3)14(9)12(15)6-7-17-5/h8H,6-7H2,1-5H3. The van der Waals surface area contributed by atoms with E-state index in [1.807, 2.05) is 33.1 Å². The van der Waals surface area contributed by atoms with Crippen molar-refractivity contribution >= 4 is 17.5 Å². The molecule has 0 atom stereocenters. The molecule has 0 aliphatic carbocycles. The van der Waals surface area contributed by atoms with Gasteiger partial charge in [-0.05, 0) is 49.8 Å². The van der Waals surface area contributed by atoms with Crippen LogP contribution in [0.15, 0.2) is 6.07 Å². The Labute approximate surface area is 108 Å². The summed E-state index contributed by atoms with van der Waals surface area (Å²) < 4.78 is 5.31. The molecule has 3 heteroatoms. The van der Waals surface area contributed by atoms with Crippen molar-refractivity contribution in [1.29, 1.82) is 0 Å². The zero-order chi connectivity index (χ0) is 13.0. The first-order chi connectivity index (χ1) is 8.02. The maximum absolute atomic E-state index is 12.1. The van der Waals surface area contributed by atoms with Crippen LogP contribution < -0.4 is 4.74 Å². The highest BCUT2D eigenvalue weighted by atomic mass is 32.2. The highest BCUT2D eigenvalue weighted by Gasteiger charge is 2.16. The van der Waals surface area contributed by atoms with Crippen LogP contribution in [0.25, 0.3) is 0 Å². The lowest BCUT2D eigenvalue weighted by Crippen LogP contribution is -2.08. The van der Waals surface area contributed by atoms with Crippen LogP contribution in [0.3, 0.4) is 0 Å². The highest BCUT2D eigenvalue weighted by molar-refractivity contribution is 7.98. The number of benzene rings is 1. The first kappa shape index (κ1) is 14.1. The molecule has 0 aromatic heterocycles. The van der Waals surface area contributed by atoms with Crippen LogP contribution in [-0.2, 0) is 0 Å². The maximum atomic E-state index is 12.1. The summed E-state index contributed by atoms with van der Waals surface area (Å²) in [5.74, 6) is 1.98. The molecule has 0 N–H and O–H groups in total. The Morgan fingerprint density at radius 1 is 1.29 bits per heavy atom. The Morgan fingerprint density at radius 2 is 1.94 bits per heavy atom. The molecule has 0 saturated carbocycles. The van der Waals surface area contributed by atoms with Gasteiger partial charge in [0.05, 0.1) is 7.11 Å². The Hall–Kier alpha value is -0.960. The summed E-state index contributed by atoms with van der Waals surface area (Å²) in [6.45, 7) is 5.97. The van der Waals surface area contributed by atoms with Crippen molar-refractivity contribution in [3.63, 3.8) is 0 Å². The van der Waals surface area contributed by atoms with E-state index in [0.717, 1.165) is 33.8 Å². The van der Waals surface area contributed by atoms with Crippen LogP contribution in [0.5, 0.6) is 5.75 Å². The molecule has 1 rings (SSSR count). The van der Waals surface area contributed by atoms with E-state index in [1.165, 1.54) is 0 Å². The lowest BCUT2D eigenvalue weighted by molar-refractivity contribution is 0.0988. The van der Waals surface area contributed by atoms with Crippen LogP contribution in [0, 0.1) is 20.8 Å². The van der Waals surface area contributed by atoms with Gasteiger partial charge in [0.2, 0.25) is 0 Å². The van der Waals surface area contributed by atoms with Gasteiger partial charge in [-0.15, -0.1) is 0 Å². The van der Waals surface area contributed by atoms with Gasteiger partial charge < -0.3 is 4.74 Å². The van der Waals surface area contributed by atoms with Gasteiger partial charge in [-0.25, -0.2) is 0 Å². The van der Waals surface area contributed by atoms with Crippen LogP contribution >= 0.6 is 11.8 Å². The van der Waals surface area contributed by atoms with Crippen molar-refractivity contribution in [3.8, 4) is 5.75 Å². The summed E-state index contributed by atoms with van der Waals surface area (Å²) in [6.07, 6.45) is 2.63. The lowest BCUT2D eigenvalue weighted by atomic mass is 9.93. The van der Waals surface area contributed by atoms with Crippen molar-refractivity contribution < 1.29 is 9.53 Å². The van der Waals surface area contributed by atoms with E-state index >= 15 is 0 Å². The van der Waals surface area contributed by atoms with Gasteiger partial charge in [0.1, 0.15) is 5.75 Å². The lowest BCUT2D eigenvalue weighted by Gasteiger charge is -2.15. The zero-order valence-electron chi connectivity index (χ0n) is 11.2. The smallest absolute Gasteiger partial charge is 0.164 e. The molecule has 17 heavy (non-hydrogen) atoms. The second-order valence-electron chi connectivity index (χ2n) is 4.19. The first-order valence-corrected chi connectivity index (χ1v) is 7.09. The van der Waals surface area contributed by atoms with E-state index in [4.69, 9.17) is 4.74 Å². The van der Waals surface area contributed by atoms with E-state index in [2.05, 4.69) is 0 Å². The van der Waals surface area contributed by atoms with Crippen molar-refractivity contribution in [3.05, 3.63) is 28.3 Å². The Bertz CT molecular complexity index is 425. The van der Waals surface area contributed by atoms with Crippen LogP contribution in [0.4, 0.5) is 0 Å². The number of carbonyl (C=O) groups is 1. The Kier molecular flexibility index (Phi) is 5.06. The van der Waals surface area contributed by atoms with Crippen molar-refractivity contribution in [1.82, 2.24) is 0 Å². The number of carbonyl (C=O) groups excluding carboxylic acids is 1. The second-order valence-corrected chi connectivity index (χ2v) is 5.17. The summed E-state index contributed by atoms with van der Waals surface area (Å²) in [5, 5.41) is 0. The minimum absolute atomic E-state index is 0.236. The molecule has 0 saturated heterocycles. The van der Waals surface area contributed by atoms with Gasteiger partial charge in [0.25, 0.3) is 0 Å². The highest BCUT2D eigenvalue weighted by Crippen LogP contribution is 2.28. The molecule has 0 radical (unpaired) electrons. The number of methoxy groups -OCH3 is 1. The largest absolute Gasteiger partial charge is 0.496 e. The van der Waals surface area contributed by atoms with Gasteiger partial charge in [-0.2, -0.15) is 11.8 Å². The molecule has 0 spiro atoms. The van der Waals surface area contributed by atoms with Gasteiger partial charge >= 0.3 is 0 Å². The van der Waals surface area contributed by atoms with Gasteiger partial charge in [0.15, 0.2) is 5.78 Å². The minimum Gasteiger partial charge on any atom is -0.496 e. The Morgan fingerprint density at radius 3 is 2.47 bits per heavy atom. The normalized spacial score (nSPS) is 10.4. The molecule has 0 fully saturated rings. The predicted molar refractivity (Wildman–Crippen MR) is 74.5 cm³/mol. The van der Waals surface area contributed by atoms with Crippen LogP contribution in [0.2, 0.25) is 0 Å². The van der Waals surface area contributed by atoms with E-state index < -0.39 is 0 Å². The van der Waals surface area contributed by atoms with Gasteiger partial charge in [-0.3, -0.25) is 4.79 Å². The monoisotopic (exact) mass is 252 g/mol. The number of aryl methyl sites for hydroxylation is 1. The number of rotatable bonds is 5. The minimum atomic E-state index is 0.236. The van der Waals surface area contributed by atoms with E-state index in [-0.39, 0.29) is 5.78 Å². The molecule has 0 amide bonds. The molecule has 0 heterocycles. The summed E-state index contributed by atoms with van der Waals surface area (Å²) >= 11 is 1.70. The summed E-state index contributed by atoms with van der Waals surface area (Å²) in [4.78, 5) is 12.1. The summed E-state index contributed by atoms with van der Waals surface area (Å²) in [5.41, 5.74) is 3.99. The fourth-order valence-corrected chi connectivity index (χ4v) is 2.40. The number of Topliss-reactive ketones (excluding diaryl/α,β-unsaturated/α-hetero) is 1. The second kappa shape index (κ2) is 6.10. The summed E-state index contributed by atoms with van der Waals surface area (Å²) in [6, 6.07) is 1.95. The van der Waals surface area contributed by atoms with Crippen LogP contribution in [-0.4, -0.2) is 24.9 Å². The number of ketones is 1. The molecule has 2 nitrogen and oxygen atoms in total. The van der Waals surface area contributed by atoms with Crippen molar-refractivity contribution in [2.24, 2.45) is 0 Å².